The molecular weight excluding hydrogens is 338 g/mol. The van der Waals surface area contributed by atoms with Crippen LogP contribution >= 0.6 is 0 Å². The first kappa shape index (κ1) is 18.1. The van der Waals surface area contributed by atoms with E-state index in [9.17, 15) is 9.59 Å². The number of hydrogen-bond donors (Lipinski definition) is 1. The molecule has 0 aliphatic rings. The second kappa shape index (κ2) is 8.63. The highest BCUT2D eigenvalue weighted by Crippen LogP contribution is 2.27. The third-order valence-corrected chi connectivity index (χ3v) is 4.00. The number of esters is 1. The van der Waals surface area contributed by atoms with Crippen molar-refractivity contribution in [1.82, 2.24) is 0 Å². The second-order valence-corrected chi connectivity index (χ2v) is 5.85. The Morgan fingerprint density at radius 3 is 2.22 bits per heavy atom. The number of benzene rings is 3. The molecule has 1 amide bonds. The Morgan fingerprint density at radius 2 is 1.56 bits per heavy atom. The van der Waals surface area contributed by atoms with E-state index in [0.717, 1.165) is 11.1 Å². The molecule has 0 aliphatic heterocycles. The average Bonchev–Trinajstić information content (AvgIpc) is 2.73. The van der Waals surface area contributed by atoms with Crippen molar-refractivity contribution >= 4 is 23.6 Å². The van der Waals surface area contributed by atoms with E-state index in [0.29, 0.717) is 16.8 Å². The topological polar surface area (TPSA) is 55.4 Å². The second-order valence-electron chi connectivity index (χ2n) is 5.85. The summed E-state index contributed by atoms with van der Waals surface area (Å²) in [6.07, 6.45) is 3.22. The van der Waals surface area contributed by atoms with Gasteiger partial charge in [-0.25, -0.2) is 4.79 Å². The Kier molecular flexibility index (Phi) is 5.80. The lowest BCUT2D eigenvalue weighted by atomic mass is 9.99. The molecule has 0 fully saturated rings. The molecule has 0 atom stereocenters. The number of hydrogen-bond acceptors (Lipinski definition) is 3. The average molecular weight is 357 g/mol. The first-order valence-corrected chi connectivity index (χ1v) is 8.49. The van der Waals surface area contributed by atoms with Crippen LogP contribution < -0.4 is 5.32 Å². The van der Waals surface area contributed by atoms with Gasteiger partial charge in [0, 0.05) is 11.8 Å². The van der Waals surface area contributed by atoms with Crippen molar-refractivity contribution < 1.29 is 14.3 Å². The normalized spacial score (nSPS) is 10.6. The minimum Gasteiger partial charge on any atom is -0.465 e. The predicted molar refractivity (Wildman–Crippen MR) is 107 cm³/mol. The van der Waals surface area contributed by atoms with Crippen molar-refractivity contribution in [3.8, 4) is 11.1 Å². The molecule has 0 saturated carbocycles. The molecule has 0 bridgehead atoms. The molecule has 0 saturated heterocycles. The van der Waals surface area contributed by atoms with E-state index < -0.39 is 5.97 Å². The van der Waals surface area contributed by atoms with Crippen LogP contribution in [0.5, 0.6) is 0 Å². The summed E-state index contributed by atoms with van der Waals surface area (Å²) < 4.78 is 4.87. The fourth-order valence-electron chi connectivity index (χ4n) is 2.69. The molecule has 4 nitrogen and oxygen atoms in total. The van der Waals surface area contributed by atoms with Crippen molar-refractivity contribution in [2.45, 2.75) is 0 Å². The van der Waals surface area contributed by atoms with Gasteiger partial charge in [0.25, 0.3) is 0 Å². The van der Waals surface area contributed by atoms with Gasteiger partial charge >= 0.3 is 5.97 Å². The fourth-order valence-corrected chi connectivity index (χ4v) is 2.69. The minimum atomic E-state index is -0.421. The Labute approximate surface area is 158 Å². The van der Waals surface area contributed by atoms with E-state index in [-0.39, 0.29) is 5.91 Å². The number of methoxy groups -OCH3 is 1. The molecule has 0 heterocycles. The van der Waals surface area contributed by atoms with Gasteiger partial charge in [-0.05, 0) is 41.0 Å². The van der Waals surface area contributed by atoms with E-state index in [1.54, 1.807) is 24.3 Å². The molecule has 0 aromatic heterocycles. The molecule has 0 radical (unpaired) electrons. The van der Waals surface area contributed by atoms with Gasteiger partial charge in [-0.15, -0.1) is 0 Å². The summed E-state index contributed by atoms with van der Waals surface area (Å²) in [5.74, 6) is -0.667. The van der Waals surface area contributed by atoms with E-state index in [1.807, 2.05) is 60.7 Å². The number of rotatable bonds is 5. The Bertz CT molecular complexity index is 963. The molecule has 4 heteroatoms. The Balaban J connectivity index is 1.85. The summed E-state index contributed by atoms with van der Waals surface area (Å²) in [7, 11) is 1.35. The summed E-state index contributed by atoms with van der Waals surface area (Å²) in [5.41, 5.74) is 3.56. The number of ether oxygens (including phenoxy) is 1. The summed E-state index contributed by atoms with van der Waals surface area (Å²) in [5, 5.41) is 2.83. The smallest absolute Gasteiger partial charge is 0.338 e. The standard InChI is InChI=1S/C23H19NO3/c1-27-23(26)20-14-13-19(16-21(20)18-10-6-3-7-11-18)24-22(25)15-12-17-8-4-2-5-9-17/h2-16H,1H3,(H,24,25)/b15-12+. The van der Waals surface area contributed by atoms with Crippen LogP contribution in [-0.4, -0.2) is 19.0 Å². The van der Waals surface area contributed by atoms with Crippen molar-refractivity contribution in [3.63, 3.8) is 0 Å². The third kappa shape index (κ3) is 4.70. The molecule has 3 rings (SSSR count). The maximum atomic E-state index is 12.2. The van der Waals surface area contributed by atoms with Gasteiger partial charge in [-0.2, -0.15) is 0 Å². The van der Waals surface area contributed by atoms with Crippen LogP contribution in [0.1, 0.15) is 15.9 Å². The number of carbonyl (C=O) groups excluding carboxylic acids is 2. The maximum absolute atomic E-state index is 12.2. The van der Waals surface area contributed by atoms with Gasteiger partial charge in [0.1, 0.15) is 0 Å². The lowest BCUT2D eigenvalue weighted by Crippen LogP contribution is -2.09. The molecule has 3 aromatic carbocycles. The molecule has 27 heavy (non-hydrogen) atoms. The lowest BCUT2D eigenvalue weighted by Gasteiger charge is -2.11. The van der Waals surface area contributed by atoms with Gasteiger partial charge in [0.05, 0.1) is 12.7 Å². The van der Waals surface area contributed by atoms with Crippen LogP contribution in [0.2, 0.25) is 0 Å². The highest BCUT2D eigenvalue weighted by molar-refractivity contribution is 6.03. The zero-order valence-corrected chi connectivity index (χ0v) is 14.9. The summed E-state index contributed by atoms with van der Waals surface area (Å²) in [4.78, 5) is 24.3. The highest BCUT2D eigenvalue weighted by Gasteiger charge is 2.14. The van der Waals surface area contributed by atoms with Crippen molar-refractivity contribution in [1.29, 1.82) is 0 Å². The monoisotopic (exact) mass is 357 g/mol. The van der Waals surface area contributed by atoms with Crippen LogP contribution in [0.25, 0.3) is 17.2 Å². The van der Waals surface area contributed by atoms with Gasteiger partial charge in [0.15, 0.2) is 0 Å². The summed E-state index contributed by atoms with van der Waals surface area (Å²) in [6, 6.07) is 24.2. The lowest BCUT2D eigenvalue weighted by molar-refractivity contribution is -0.111. The Morgan fingerprint density at radius 1 is 0.889 bits per heavy atom. The largest absolute Gasteiger partial charge is 0.465 e. The fraction of sp³-hybridized carbons (Fsp3) is 0.0435. The van der Waals surface area contributed by atoms with Gasteiger partial charge < -0.3 is 10.1 Å². The first-order chi connectivity index (χ1) is 13.2. The molecule has 3 aromatic rings. The predicted octanol–water partition coefficient (Wildman–Crippen LogP) is 4.79. The molecule has 0 aliphatic carbocycles. The minimum absolute atomic E-state index is 0.247. The third-order valence-electron chi connectivity index (χ3n) is 4.00. The SMILES string of the molecule is COC(=O)c1ccc(NC(=O)/C=C/c2ccccc2)cc1-c1ccccc1. The van der Waals surface area contributed by atoms with Crippen LogP contribution in [0, 0.1) is 0 Å². The van der Waals surface area contributed by atoms with Crippen LogP contribution in [0.3, 0.4) is 0 Å². The molecule has 0 unspecified atom stereocenters. The zero-order valence-electron chi connectivity index (χ0n) is 14.9. The maximum Gasteiger partial charge on any atom is 0.338 e. The highest BCUT2D eigenvalue weighted by atomic mass is 16.5. The summed E-state index contributed by atoms with van der Waals surface area (Å²) >= 11 is 0. The van der Waals surface area contributed by atoms with E-state index >= 15 is 0 Å². The van der Waals surface area contributed by atoms with Crippen molar-refractivity contribution in [2.75, 3.05) is 12.4 Å². The van der Waals surface area contributed by atoms with Gasteiger partial charge in [-0.3, -0.25) is 4.79 Å². The van der Waals surface area contributed by atoms with Crippen molar-refractivity contribution in [2.24, 2.45) is 0 Å². The number of carbonyl (C=O) groups is 2. The van der Waals surface area contributed by atoms with Gasteiger partial charge in [-0.1, -0.05) is 60.7 Å². The van der Waals surface area contributed by atoms with Crippen LogP contribution in [-0.2, 0) is 9.53 Å². The van der Waals surface area contributed by atoms with Crippen LogP contribution in [0.15, 0.2) is 84.9 Å². The quantitative estimate of drug-likeness (QED) is 0.527. The van der Waals surface area contributed by atoms with Crippen molar-refractivity contribution in [3.05, 3.63) is 96.1 Å². The first-order valence-electron chi connectivity index (χ1n) is 8.49. The Hall–Kier alpha value is -3.66. The zero-order chi connectivity index (χ0) is 19.1. The number of amides is 1. The number of anilines is 1. The number of nitrogens with one attached hydrogen (secondary N) is 1. The summed E-state index contributed by atoms with van der Waals surface area (Å²) in [6.45, 7) is 0. The molecular formula is C23H19NO3. The van der Waals surface area contributed by atoms with E-state index in [1.165, 1.54) is 13.2 Å². The molecule has 1 N–H and O–H groups in total. The van der Waals surface area contributed by atoms with E-state index in [4.69, 9.17) is 4.74 Å². The van der Waals surface area contributed by atoms with Gasteiger partial charge in [0.2, 0.25) is 5.91 Å². The molecule has 134 valence electrons. The van der Waals surface area contributed by atoms with E-state index in [2.05, 4.69) is 5.32 Å². The molecule has 0 spiro atoms. The van der Waals surface area contributed by atoms with Crippen LogP contribution in [0.4, 0.5) is 5.69 Å².